The molecule has 1 heterocycles. The van der Waals surface area contributed by atoms with Crippen molar-refractivity contribution in [2.24, 2.45) is 5.92 Å². The number of benzene rings is 2. The highest BCUT2D eigenvalue weighted by Gasteiger charge is 2.21. The van der Waals surface area contributed by atoms with Crippen LogP contribution >= 0.6 is 23.1 Å². The second-order valence-corrected chi connectivity index (χ2v) is 10.2. The molecule has 162 valence electrons. The lowest BCUT2D eigenvalue weighted by Gasteiger charge is -2.28. The molecular formula is C25H29N3OS2. The number of hydrogen-bond donors (Lipinski definition) is 1. The molecule has 0 spiro atoms. The molecule has 0 bridgehead atoms. The molecule has 4 rings (SSSR count). The molecule has 31 heavy (non-hydrogen) atoms. The van der Waals surface area contributed by atoms with E-state index in [2.05, 4.69) is 58.8 Å². The van der Waals surface area contributed by atoms with Gasteiger partial charge in [-0.15, -0.1) is 22.0 Å². The smallest absolute Gasteiger partial charge is 0.257 e. The van der Waals surface area contributed by atoms with Crippen molar-refractivity contribution in [3.05, 3.63) is 76.3 Å². The molecule has 1 amide bonds. The Bertz CT molecular complexity index is 964. The van der Waals surface area contributed by atoms with E-state index in [9.17, 15) is 4.79 Å². The molecule has 1 N–H and O–H groups in total. The van der Waals surface area contributed by atoms with Gasteiger partial charge >= 0.3 is 0 Å². The van der Waals surface area contributed by atoms with Crippen molar-refractivity contribution in [3.8, 4) is 0 Å². The third kappa shape index (κ3) is 6.17. The number of aromatic nitrogens is 2. The summed E-state index contributed by atoms with van der Waals surface area (Å²) in [6.45, 7) is 2.29. The summed E-state index contributed by atoms with van der Waals surface area (Å²) in [7, 11) is 0. The summed E-state index contributed by atoms with van der Waals surface area (Å²) < 4.78 is 0. The summed E-state index contributed by atoms with van der Waals surface area (Å²) in [4.78, 5) is 12.6. The third-order valence-electron chi connectivity index (χ3n) is 6.09. The minimum absolute atomic E-state index is 0.124. The molecule has 4 nitrogen and oxygen atoms in total. The molecule has 3 aromatic rings. The van der Waals surface area contributed by atoms with Gasteiger partial charge in [0.15, 0.2) is 0 Å². The lowest BCUT2D eigenvalue weighted by molar-refractivity contribution is 0.102. The van der Waals surface area contributed by atoms with E-state index in [0.29, 0.717) is 16.6 Å². The zero-order valence-corrected chi connectivity index (χ0v) is 19.6. The van der Waals surface area contributed by atoms with Crippen molar-refractivity contribution in [3.63, 3.8) is 0 Å². The van der Waals surface area contributed by atoms with Crippen molar-refractivity contribution in [2.45, 2.75) is 56.5 Å². The van der Waals surface area contributed by atoms with Crippen LogP contribution in [0.25, 0.3) is 0 Å². The molecule has 2 aromatic carbocycles. The van der Waals surface area contributed by atoms with Crippen LogP contribution in [0.15, 0.2) is 54.6 Å². The molecule has 6 heteroatoms. The van der Waals surface area contributed by atoms with Crippen molar-refractivity contribution < 1.29 is 4.79 Å². The minimum Gasteiger partial charge on any atom is -0.296 e. The minimum atomic E-state index is -0.124. The largest absolute Gasteiger partial charge is 0.296 e. The number of nitrogens with zero attached hydrogens (tertiary/aromatic N) is 2. The van der Waals surface area contributed by atoms with E-state index in [1.807, 2.05) is 18.2 Å². The first-order chi connectivity index (χ1) is 15.2. The Morgan fingerprint density at radius 2 is 1.74 bits per heavy atom. The third-order valence-corrected chi connectivity index (χ3v) is 8.13. The van der Waals surface area contributed by atoms with Crippen LogP contribution in [-0.2, 0) is 11.5 Å². The van der Waals surface area contributed by atoms with E-state index in [4.69, 9.17) is 0 Å². The van der Waals surface area contributed by atoms with Crippen LogP contribution in [0.4, 0.5) is 5.13 Å². The Hall–Kier alpha value is -2.18. The number of nitrogens with one attached hydrogen (secondary N) is 1. The van der Waals surface area contributed by atoms with Crippen LogP contribution < -0.4 is 5.32 Å². The summed E-state index contributed by atoms with van der Waals surface area (Å²) in [6.07, 6.45) is 6.48. The molecule has 0 saturated heterocycles. The van der Waals surface area contributed by atoms with E-state index < -0.39 is 0 Å². The Morgan fingerprint density at radius 1 is 1.00 bits per heavy atom. The van der Waals surface area contributed by atoms with E-state index in [-0.39, 0.29) is 5.91 Å². The van der Waals surface area contributed by atoms with Gasteiger partial charge < -0.3 is 0 Å². The normalized spacial score (nSPS) is 18.6. The van der Waals surface area contributed by atoms with Gasteiger partial charge in [0.1, 0.15) is 5.01 Å². The number of anilines is 1. The monoisotopic (exact) mass is 451 g/mol. The first kappa shape index (κ1) is 22.0. The molecule has 1 aliphatic rings. The van der Waals surface area contributed by atoms with Crippen LogP contribution in [0.3, 0.4) is 0 Å². The zero-order chi connectivity index (χ0) is 21.5. The summed E-state index contributed by atoms with van der Waals surface area (Å²) in [5.41, 5.74) is 3.33. The summed E-state index contributed by atoms with van der Waals surface area (Å²) >= 11 is 3.24. The molecule has 0 atom stereocenters. The first-order valence-electron chi connectivity index (χ1n) is 11.1. The van der Waals surface area contributed by atoms with Gasteiger partial charge in [-0.2, -0.15) is 0 Å². The lowest BCUT2D eigenvalue weighted by Crippen LogP contribution is -2.14. The standard InChI is InChI=1S/C25H29N3OS2/c1-2-18-8-10-20(11-9-18)21-12-14-22(15-13-21)24(29)26-25-28-27-23(31-25)17-30-16-19-6-4-3-5-7-19/h3-7,12-15,18,20H,2,8-11,16-17H2,1H3,(H,26,28,29). The topological polar surface area (TPSA) is 54.9 Å². The Morgan fingerprint density at radius 3 is 2.45 bits per heavy atom. The van der Waals surface area contributed by atoms with Crippen LogP contribution in [-0.4, -0.2) is 16.1 Å². The number of carbonyl (C=O) groups excluding carboxylic acids is 1. The highest BCUT2D eigenvalue weighted by Crippen LogP contribution is 2.37. The number of rotatable bonds is 8. The Balaban J connectivity index is 1.26. The van der Waals surface area contributed by atoms with Crippen LogP contribution in [0.5, 0.6) is 0 Å². The van der Waals surface area contributed by atoms with Crippen molar-refractivity contribution in [1.82, 2.24) is 10.2 Å². The molecular weight excluding hydrogens is 422 g/mol. The highest BCUT2D eigenvalue weighted by atomic mass is 32.2. The average molecular weight is 452 g/mol. The van der Waals surface area contributed by atoms with Crippen LogP contribution in [0.1, 0.15) is 71.4 Å². The van der Waals surface area contributed by atoms with Crippen molar-refractivity contribution >= 4 is 34.1 Å². The Labute approximate surface area is 192 Å². The van der Waals surface area contributed by atoms with Gasteiger partial charge in [-0.05, 0) is 60.8 Å². The molecule has 1 saturated carbocycles. The molecule has 0 radical (unpaired) electrons. The first-order valence-corrected chi connectivity index (χ1v) is 13.0. The van der Waals surface area contributed by atoms with E-state index >= 15 is 0 Å². The van der Waals surface area contributed by atoms with Gasteiger partial charge in [-0.1, -0.05) is 67.1 Å². The fraction of sp³-hybridized carbons (Fsp3) is 0.400. The molecule has 0 unspecified atom stereocenters. The summed E-state index contributed by atoms with van der Waals surface area (Å²) in [5, 5.41) is 12.7. The quantitative estimate of drug-likeness (QED) is 0.404. The second kappa shape index (κ2) is 10.9. The number of amides is 1. The van der Waals surface area contributed by atoms with E-state index in [0.717, 1.165) is 22.4 Å². The van der Waals surface area contributed by atoms with Crippen LogP contribution in [0.2, 0.25) is 0 Å². The van der Waals surface area contributed by atoms with Gasteiger partial charge in [-0.25, -0.2) is 0 Å². The molecule has 1 aromatic heterocycles. The molecule has 1 aliphatic carbocycles. The van der Waals surface area contributed by atoms with Gasteiger partial charge in [-0.3, -0.25) is 10.1 Å². The van der Waals surface area contributed by atoms with Gasteiger partial charge in [0.2, 0.25) is 5.13 Å². The number of carbonyl (C=O) groups is 1. The van der Waals surface area contributed by atoms with Crippen molar-refractivity contribution in [1.29, 1.82) is 0 Å². The fourth-order valence-corrected chi connectivity index (χ4v) is 5.95. The SMILES string of the molecule is CCC1CCC(c2ccc(C(=O)Nc3nnc(CSCc4ccccc4)s3)cc2)CC1. The molecule has 1 fully saturated rings. The average Bonchev–Trinajstić information content (AvgIpc) is 3.27. The van der Waals surface area contributed by atoms with Crippen molar-refractivity contribution in [2.75, 3.05) is 5.32 Å². The fourth-order valence-electron chi connectivity index (χ4n) is 4.17. The summed E-state index contributed by atoms with van der Waals surface area (Å²) in [5.74, 6) is 3.14. The predicted octanol–water partition coefficient (Wildman–Crippen LogP) is 6.91. The summed E-state index contributed by atoms with van der Waals surface area (Å²) in [6, 6.07) is 18.5. The number of thioether (sulfide) groups is 1. The molecule has 0 aliphatic heterocycles. The zero-order valence-electron chi connectivity index (χ0n) is 17.9. The van der Waals surface area contributed by atoms with Gasteiger partial charge in [0, 0.05) is 17.1 Å². The maximum Gasteiger partial charge on any atom is 0.257 e. The maximum absolute atomic E-state index is 12.6. The second-order valence-electron chi connectivity index (χ2n) is 8.18. The van der Waals surface area contributed by atoms with Crippen LogP contribution in [0, 0.1) is 5.92 Å². The van der Waals surface area contributed by atoms with Gasteiger partial charge in [0.25, 0.3) is 5.91 Å². The van der Waals surface area contributed by atoms with E-state index in [1.54, 1.807) is 11.8 Å². The maximum atomic E-state index is 12.6. The van der Waals surface area contributed by atoms with Gasteiger partial charge in [0.05, 0.1) is 0 Å². The number of hydrogen-bond acceptors (Lipinski definition) is 5. The van der Waals surface area contributed by atoms with E-state index in [1.165, 1.54) is 54.6 Å². The predicted molar refractivity (Wildman–Crippen MR) is 131 cm³/mol. The highest BCUT2D eigenvalue weighted by molar-refractivity contribution is 7.97. The lowest BCUT2D eigenvalue weighted by atomic mass is 9.78. The Kier molecular flexibility index (Phi) is 7.76.